The van der Waals surface area contributed by atoms with Gasteiger partial charge >= 0.3 is 11.8 Å². The van der Waals surface area contributed by atoms with Crippen LogP contribution in [0.1, 0.15) is 16.7 Å². The SMILES string of the molecule is Cc1ccc(CN2CCN(C(=O)C(=O)Nc3ccc4c(c3)CCN4C)CC2)cc1. The number of piperazine rings is 1. The smallest absolute Gasteiger partial charge is 0.313 e. The van der Waals surface area contributed by atoms with E-state index in [1.54, 1.807) is 4.90 Å². The Labute approximate surface area is 172 Å². The van der Waals surface area contributed by atoms with Crippen LogP contribution in [0.25, 0.3) is 0 Å². The van der Waals surface area contributed by atoms with Gasteiger partial charge in [0, 0.05) is 57.7 Å². The minimum absolute atomic E-state index is 0.447. The van der Waals surface area contributed by atoms with E-state index in [1.165, 1.54) is 22.4 Å². The van der Waals surface area contributed by atoms with Gasteiger partial charge in [-0.1, -0.05) is 29.8 Å². The first-order chi connectivity index (χ1) is 14.0. The molecule has 0 saturated carbocycles. The number of rotatable bonds is 3. The number of hydrogen-bond acceptors (Lipinski definition) is 4. The molecule has 2 aromatic rings. The largest absolute Gasteiger partial charge is 0.374 e. The van der Waals surface area contributed by atoms with Crippen molar-refractivity contribution in [3.63, 3.8) is 0 Å². The van der Waals surface area contributed by atoms with Gasteiger partial charge in [0.15, 0.2) is 0 Å². The number of hydrogen-bond donors (Lipinski definition) is 1. The van der Waals surface area contributed by atoms with Gasteiger partial charge in [0.1, 0.15) is 0 Å². The van der Waals surface area contributed by atoms with Gasteiger partial charge in [-0.05, 0) is 42.7 Å². The van der Waals surface area contributed by atoms with Crippen molar-refractivity contribution >= 4 is 23.2 Å². The topological polar surface area (TPSA) is 55.9 Å². The monoisotopic (exact) mass is 392 g/mol. The Morgan fingerprint density at radius 3 is 2.41 bits per heavy atom. The van der Waals surface area contributed by atoms with Crippen LogP contribution in [-0.2, 0) is 22.6 Å². The summed E-state index contributed by atoms with van der Waals surface area (Å²) in [6.45, 7) is 6.65. The molecule has 0 bridgehead atoms. The zero-order chi connectivity index (χ0) is 20.4. The molecule has 2 aliphatic rings. The number of fused-ring (bicyclic) bond motifs is 1. The molecule has 2 heterocycles. The average Bonchev–Trinajstić information content (AvgIpc) is 3.10. The predicted molar refractivity (Wildman–Crippen MR) is 115 cm³/mol. The fourth-order valence-electron chi connectivity index (χ4n) is 4.03. The number of anilines is 2. The van der Waals surface area contributed by atoms with E-state index in [1.807, 2.05) is 18.2 Å². The number of carbonyl (C=O) groups excluding carboxylic acids is 2. The van der Waals surface area contributed by atoms with Crippen LogP contribution in [0.5, 0.6) is 0 Å². The van der Waals surface area contributed by atoms with Gasteiger partial charge in [-0.2, -0.15) is 0 Å². The zero-order valence-electron chi connectivity index (χ0n) is 17.1. The van der Waals surface area contributed by atoms with E-state index in [0.717, 1.165) is 32.6 Å². The van der Waals surface area contributed by atoms with Gasteiger partial charge < -0.3 is 15.1 Å². The molecule has 0 aromatic heterocycles. The van der Waals surface area contributed by atoms with E-state index >= 15 is 0 Å². The highest BCUT2D eigenvalue weighted by Crippen LogP contribution is 2.29. The summed E-state index contributed by atoms with van der Waals surface area (Å²) in [5.41, 5.74) is 5.62. The molecule has 6 heteroatoms. The first kappa shape index (κ1) is 19.5. The van der Waals surface area contributed by atoms with Crippen LogP contribution < -0.4 is 10.2 Å². The van der Waals surface area contributed by atoms with E-state index in [9.17, 15) is 9.59 Å². The van der Waals surface area contributed by atoms with Crippen LogP contribution in [0.3, 0.4) is 0 Å². The van der Waals surface area contributed by atoms with Crippen molar-refractivity contribution in [2.24, 2.45) is 0 Å². The first-order valence-corrected chi connectivity index (χ1v) is 10.2. The zero-order valence-corrected chi connectivity index (χ0v) is 17.1. The van der Waals surface area contributed by atoms with Crippen LogP contribution in [-0.4, -0.2) is 61.4 Å². The summed E-state index contributed by atoms with van der Waals surface area (Å²) in [7, 11) is 2.06. The number of likely N-dealkylation sites (N-methyl/N-ethyl adjacent to an activating group) is 1. The third kappa shape index (κ3) is 4.43. The second kappa shape index (κ2) is 8.25. The van der Waals surface area contributed by atoms with E-state index < -0.39 is 11.8 Å². The van der Waals surface area contributed by atoms with Crippen molar-refractivity contribution < 1.29 is 9.59 Å². The van der Waals surface area contributed by atoms with Crippen molar-refractivity contribution in [1.29, 1.82) is 0 Å². The van der Waals surface area contributed by atoms with E-state index in [4.69, 9.17) is 0 Å². The third-order valence-electron chi connectivity index (χ3n) is 5.85. The molecule has 0 unspecified atom stereocenters. The van der Waals surface area contributed by atoms with E-state index in [0.29, 0.717) is 18.8 Å². The summed E-state index contributed by atoms with van der Waals surface area (Å²) in [4.78, 5) is 31.2. The molecule has 0 radical (unpaired) electrons. The predicted octanol–water partition coefficient (Wildman–Crippen LogP) is 2.27. The molecule has 29 heavy (non-hydrogen) atoms. The fraction of sp³-hybridized carbons (Fsp3) is 0.391. The lowest BCUT2D eigenvalue weighted by Crippen LogP contribution is -2.51. The summed E-state index contributed by atoms with van der Waals surface area (Å²) in [5, 5.41) is 2.78. The van der Waals surface area contributed by atoms with Gasteiger partial charge in [-0.25, -0.2) is 0 Å². The highest BCUT2D eigenvalue weighted by atomic mass is 16.2. The lowest BCUT2D eigenvalue weighted by molar-refractivity contribution is -0.144. The Morgan fingerprint density at radius 1 is 0.966 bits per heavy atom. The molecule has 6 nitrogen and oxygen atoms in total. The number of amides is 2. The Bertz CT molecular complexity index is 902. The molecule has 1 saturated heterocycles. The minimum Gasteiger partial charge on any atom is -0.374 e. The Balaban J connectivity index is 1.29. The molecule has 0 atom stereocenters. The maximum absolute atomic E-state index is 12.6. The molecule has 152 valence electrons. The minimum atomic E-state index is -0.553. The van der Waals surface area contributed by atoms with E-state index in [-0.39, 0.29) is 0 Å². The summed E-state index contributed by atoms with van der Waals surface area (Å²) >= 11 is 0. The van der Waals surface area contributed by atoms with Gasteiger partial charge in [-0.15, -0.1) is 0 Å². The van der Waals surface area contributed by atoms with Crippen molar-refractivity contribution in [3.05, 3.63) is 59.2 Å². The Kier molecular flexibility index (Phi) is 5.53. The second-order valence-corrected chi connectivity index (χ2v) is 8.02. The normalized spacial score (nSPS) is 16.6. The Morgan fingerprint density at radius 2 is 1.69 bits per heavy atom. The van der Waals surface area contributed by atoms with Gasteiger partial charge in [-0.3, -0.25) is 14.5 Å². The van der Waals surface area contributed by atoms with Crippen molar-refractivity contribution in [2.45, 2.75) is 19.9 Å². The fourth-order valence-corrected chi connectivity index (χ4v) is 4.03. The van der Waals surface area contributed by atoms with Gasteiger partial charge in [0.25, 0.3) is 0 Å². The highest BCUT2D eigenvalue weighted by Gasteiger charge is 2.26. The summed E-state index contributed by atoms with van der Waals surface area (Å²) < 4.78 is 0. The van der Waals surface area contributed by atoms with Gasteiger partial charge in [0.05, 0.1) is 0 Å². The molecule has 0 spiro atoms. The number of nitrogens with one attached hydrogen (secondary N) is 1. The van der Waals surface area contributed by atoms with Crippen LogP contribution in [0.15, 0.2) is 42.5 Å². The summed E-state index contributed by atoms with van der Waals surface area (Å²) in [6.07, 6.45) is 0.965. The third-order valence-corrected chi connectivity index (χ3v) is 5.85. The standard InChI is InChI=1S/C23H28N4O2/c1-17-3-5-18(6-4-17)16-26-11-13-27(14-12-26)23(29)22(28)24-20-7-8-21-19(15-20)9-10-25(21)2/h3-8,15H,9-14,16H2,1-2H3,(H,24,28). The van der Waals surface area contributed by atoms with Crippen molar-refractivity contribution in [2.75, 3.05) is 50.0 Å². The molecule has 2 aromatic carbocycles. The molecule has 2 aliphatic heterocycles. The van der Waals surface area contributed by atoms with Crippen molar-refractivity contribution in [3.8, 4) is 0 Å². The average molecular weight is 393 g/mol. The quantitative estimate of drug-likeness (QED) is 0.815. The van der Waals surface area contributed by atoms with Crippen LogP contribution in [0.4, 0.5) is 11.4 Å². The highest BCUT2D eigenvalue weighted by molar-refractivity contribution is 6.39. The number of nitrogens with zero attached hydrogens (tertiary/aromatic N) is 3. The van der Waals surface area contributed by atoms with Crippen LogP contribution in [0, 0.1) is 6.92 Å². The number of carbonyl (C=O) groups is 2. The molecular formula is C23H28N4O2. The van der Waals surface area contributed by atoms with Crippen LogP contribution in [0.2, 0.25) is 0 Å². The number of benzene rings is 2. The molecule has 2 amide bonds. The molecule has 1 N–H and O–H groups in total. The molecule has 0 aliphatic carbocycles. The summed E-state index contributed by atoms with van der Waals surface area (Å²) in [6, 6.07) is 14.4. The first-order valence-electron chi connectivity index (χ1n) is 10.2. The lowest BCUT2D eigenvalue weighted by atomic mass is 10.1. The Hall–Kier alpha value is -2.86. The molecule has 4 rings (SSSR count). The summed E-state index contributed by atoms with van der Waals surface area (Å²) in [5.74, 6) is -0.999. The van der Waals surface area contributed by atoms with E-state index in [2.05, 4.69) is 53.4 Å². The molecular weight excluding hydrogens is 364 g/mol. The maximum Gasteiger partial charge on any atom is 0.313 e. The lowest BCUT2D eigenvalue weighted by Gasteiger charge is -2.34. The van der Waals surface area contributed by atoms with Crippen LogP contribution >= 0.6 is 0 Å². The van der Waals surface area contributed by atoms with Gasteiger partial charge in [0.2, 0.25) is 0 Å². The number of aryl methyl sites for hydroxylation is 1. The second-order valence-electron chi connectivity index (χ2n) is 8.02. The van der Waals surface area contributed by atoms with Crippen molar-refractivity contribution in [1.82, 2.24) is 9.80 Å². The molecule has 1 fully saturated rings. The maximum atomic E-state index is 12.6.